The number of nitrogens with zero attached hydrogens (tertiary/aromatic N) is 2. The van der Waals surface area contributed by atoms with Crippen LogP contribution in [-0.2, 0) is 4.79 Å². The first-order valence-corrected chi connectivity index (χ1v) is 6.56. The first-order valence-electron chi connectivity index (χ1n) is 6.56. The summed E-state index contributed by atoms with van der Waals surface area (Å²) in [7, 11) is 0. The van der Waals surface area contributed by atoms with Gasteiger partial charge in [0, 0.05) is 6.04 Å². The van der Waals surface area contributed by atoms with Crippen molar-refractivity contribution in [1.82, 2.24) is 4.90 Å². The molecular weight excluding hydrogens is 247 g/mol. The van der Waals surface area contributed by atoms with E-state index in [1.54, 1.807) is 4.90 Å². The third-order valence-corrected chi connectivity index (χ3v) is 3.84. The highest BCUT2D eigenvalue weighted by atomic mass is 19.1. The second kappa shape index (κ2) is 4.64. The van der Waals surface area contributed by atoms with E-state index < -0.39 is 0 Å². The number of hydrogen-bond acceptors (Lipinski definition) is 2. The fourth-order valence-corrected chi connectivity index (χ4v) is 2.86. The SMILES string of the molecule is O=C1CN(C2CCCC2)C(=O)N1c1ccc(F)cc1. The molecule has 1 aromatic carbocycles. The second-order valence-corrected chi connectivity index (χ2v) is 5.05. The van der Waals surface area contributed by atoms with Crippen molar-refractivity contribution in [2.75, 3.05) is 11.4 Å². The van der Waals surface area contributed by atoms with Crippen LogP contribution in [0, 0.1) is 5.82 Å². The molecule has 3 amide bonds. The van der Waals surface area contributed by atoms with E-state index in [4.69, 9.17) is 0 Å². The van der Waals surface area contributed by atoms with Gasteiger partial charge >= 0.3 is 6.03 Å². The van der Waals surface area contributed by atoms with Gasteiger partial charge in [-0.2, -0.15) is 0 Å². The first kappa shape index (κ1) is 12.1. The van der Waals surface area contributed by atoms with Crippen LogP contribution in [0.15, 0.2) is 24.3 Å². The number of amides is 3. The van der Waals surface area contributed by atoms with Crippen LogP contribution in [0.1, 0.15) is 25.7 Å². The van der Waals surface area contributed by atoms with Gasteiger partial charge in [0.2, 0.25) is 0 Å². The van der Waals surface area contributed by atoms with Gasteiger partial charge in [-0.15, -0.1) is 0 Å². The van der Waals surface area contributed by atoms with E-state index in [9.17, 15) is 14.0 Å². The van der Waals surface area contributed by atoms with Crippen molar-refractivity contribution in [1.29, 1.82) is 0 Å². The summed E-state index contributed by atoms with van der Waals surface area (Å²) in [5.41, 5.74) is 0.442. The van der Waals surface area contributed by atoms with Gasteiger partial charge in [0.05, 0.1) is 5.69 Å². The van der Waals surface area contributed by atoms with Crippen LogP contribution in [-0.4, -0.2) is 29.4 Å². The maximum absolute atomic E-state index is 12.9. The van der Waals surface area contributed by atoms with E-state index in [-0.39, 0.29) is 30.3 Å². The third kappa shape index (κ3) is 2.09. The molecule has 4 nitrogen and oxygen atoms in total. The number of urea groups is 1. The highest BCUT2D eigenvalue weighted by molar-refractivity contribution is 6.19. The average molecular weight is 262 g/mol. The minimum absolute atomic E-state index is 0.140. The number of hydrogen-bond donors (Lipinski definition) is 0. The van der Waals surface area contributed by atoms with E-state index >= 15 is 0 Å². The van der Waals surface area contributed by atoms with Gasteiger partial charge in [0.15, 0.2) is 0 Å². The number of rotatable bonds is 2. The van der Waals surface area contributed by atoms with E-state index in [1.807, 2.05) is 0 Å². The maximum Gasteiger partial charge on any atom is 0.332 e. The average Bonchev–Trinajstić information content (AvgIpc) is 3.00. The summed E-state index contributed by atoms with van der Waals surface area (Å²) in [6, 6.07) is 5.35. The molecule has 1 aromatic rings. The molecule has 1 saturated carbocycles. The van der Waals surface area contributed by atoms with Gasteiger partial charge in [0.1, 0.15) is 12.4 Å². The van der Waals surface area contributed by atoms with E-state index in [2.05, 4.69) is 0 Å². The molecule has 1 heterocycles. The van der Waals surface area contributed by atoms with Gasteiger partial charge in [-0.1, -0.05) is 12.8 Å². The van der Waals surface area contributed by atoms with Gasteiger partial charge < -0.3 is 4.90 Å². The van der Waals surface area contributed by atoms with Crippen LogP contribution in [0.5, 0.6) is 0 Å². The van der Waals surface area contributed by atoms with Crippen LogP contribution in [0.4, 0.5) is 14.9 Å². The molecule has 2 aliphatic rings. The Morgan fingerprint density at radius 1 is 1.05 bits per heavy atom. The minimum atomic E-state index is -0.379. The van der Waals surface area contributed by atoms with Gasteiger partial charge in [-0.25, -0.2) is 14.1 Å². The van der Waals surface area contributed by atoms with Crippen molar-refractivity contribution in [3.8, 4) is 0 Å². The molecule has 0 spiro atoms. The molecule has 0 unspecified atom stereocenters. The van der Waals surface area contributed by atoms with Crippen molar-refractivity contribution in [3.63, 3.8) is 0 Å². The number of anilines is 1. The predicted octanol–water partition coefficient (Wildman–Crippen LogP) is 2.54. The van der Waals surface area contributed by atoms with Gasteiger partial charge in [-0.05, 0) is 37.1 Å². The Balaban J connectivity index is 1.84. The molecule has 3 rings (SSSR count). The lowest BCUT2D eigenvalue weighted by Crippen LogP contribution is -2.38. The lowest BCUT2D eigenvalue weighted by Gasteiger charge is -2.22. The number of imide groups is 1. The van der Waals surface area contributed by atoms with E-state index in [0.29, 0.717) is 5.69 Å². The monoisotopic (exact) mass is 262 g/mol. The van der Waals surface area contributed by atoms with Crippen molar-refractivity contribution in [2.45, 2.75) is 31.7 Å². The largest absolute Gasteiger partial charge is 0.332 e. The Hall–Kier alpha value is -1.91. The summed E-state index contributed by atoms with van der Waals surface area (Å²) in [4.78, 5) is 27.1. The number of carbonyl (C=O) groups is 2. The van der Waals surface area contributed by atoms with Crippen molar-refractivity contribution >= 4 is 17.6 Å². The Bertz CT molecular complexity index is 509. The van der Waals surface area contributed by atoms with Crippen molar-refractivity contribution < 1.29 is 14.0 Å². The van der Waals surface area contributed by atoms with Gasteiger partial charge in [0.25, 0.3) is 5.91 Å². The highest BCUT2D eigenvalue weighted by Gasteiger charge is 2.41. The Morgan fingerprint density at radius 3 is 2.32 bits per heavy atom. The zero-order valence-corrected chi connectivity index (χ0v) is 10.5. The fraction of sp³-hybridized carbons (Fsp3) is 0.429. The topological polar surface area (TPSA) is 40.6 Å². The van der Waals surface area contributed by atoms with E-state index in [0.717, 1.165) is 30.6 Å². The molecule has 1 saturated heterocycles. The van der Waals surface area contributed by atoms with Crippen molar-refractivity contribution in [2.24, 2.45) is 0 Å². The molecule has 1 aliphatic heterocycles. The van der Waals surface area contributed by atoms with E-state index in [1.165, 1.54) is 24.3 Å². The summed E-state index contributed by atoms with van der Waals surface area (Å²) >= 11 is 0. The predicted molar refractivity (Wildman–Crippen MR) is 68.2 cm³/mol. The lowest BCUT2D eigenvalue weighted by atomic mass is 10.2. The standard InChI is InChI=1S/C14H15FN2O2/c15-10-5-7-12(8-6-10)17-13(18)9-16(14(17)19)11-3-1-2-4-11/h5-8,11H,1-4,9H2. The molecule has 0 N–H and O–H groups in total. The first-order chi connectivity index (χ1) is 9.16. The molecule has 19 heavy (non-hydrogen) atoms. The summed E-state index contributed by atoms with van der Waals surface area (Å²) < 4.78 is 12.9. The lowest BCUT2D eigenvalue weighted by molar-refractivity contribution is -0.116. The fourth-order valence-electron chi connectivity index (χ4n) is 2.86. The molecule has 0 atom stereocenters. The van der Waals surface area contributed by atoms with Crippen LogP contribution in [0.25, 0.3) is 0 Å². The second-order valence-electron chi connectivity index (χ2n) is 5.05. The summed E-state index contributed by atoms with van der Waals surface area (Å²) in [6.07, 6.45) is 4.16. The van der Waals surface area contributed by atoms with Gasteiger partial charge in [-0.3, -0.25) is 4.79 Å². The highest BCUT2D eigenvalue weighted by Crippen LogP contribution is 2.29. The van der Waals surface area contributed by atoms with Crippen molar-refractivity contribution in [3.05, 3.63) is 30.1 Å². The quantitative estimate of drug-likeness (QED) is 0.768. The number of halogens is 1. The molecular formula is C14H15FN2O2. The normalized spacial score (nSPS) is 20.7. The van der Waals surface area contributed by atoms with Crippen LogP contribution in [0.3, 0.4) is 0 Å². The van der Waals surface area contributed by atoms with Crippen LogP contribution < -0.4 is 4.90 Å². The molecule has 100 valence electrons. The zero-order valence-electron chi connectivity index (χ0n) is 10.5. The molecule has 1 aliphatic carbocycles. The Labute approximate surface area is 110 Å². The third-order valence-electron chi connectivity index (χ3n) is 3.84. The van der Waals surface area contributed by atoms with Crippen LogP contribution >= 0.6 is 0 Å². The molecule has 0 radical (unpaired) electrons. The number of benzene rings is 1. The minimum Gasteiger partial charge on any atom is -0.312 e. The molecule has 0 aromatic heterocycles. The summed E-state index contributed by atoms with van der Waals surface area (Å²) in [5.74, 6) is -0.612. The Morgan fingerprint density at radius 2 is 1.68 bits per heavy atom. The molecule has 5 heteroatoms. The smallest absolute Gasteiger partial charge is 0.312 e. The maximum atomic E-state index is 12.9. The molecule has 2 fully saturated rings. The summed E-state index contributed by atoms with van der Waals surface area (Å²) in [6.45, 7) is 0.140. The Kier molecular flexibility index (Phi) is 2.97. The number of carbonyl (C=O) groups excluding carboxylic acids is 2. The molecule has 0 bridgehead atoms. The zero-order chi connectivity index (χ0) is 13.4. The summed E-state index contributed by atoms with van der Waals surface area (Å²) in [5, 5.41) is 0. The van der Waals surface area contributed by atoms with Crippen LogP contribution in [0.2, 0.25) is 0 Å².